The molecule has 0 saturated carbocycles. The lowest BCUT2D eigenvalue weighted by molar-refractivity contribution is -0.275. The highest BCUT2D eigenvalue weighted by atomic mass is 19.4. The zero-order chi connectivity index (χ0) is 13.1. The molecule has 0 heterocycles. The van der Waals surface area contributed by atoms with Crippen LogP contribution in [0.3, 0.4) is 0 Å². The molecule has 0 saturated heterocycles. The van der Waals surface area contributed by atoms with Gasteiger partial charge in [0.15, 0.2) is 0 Å². The molecule has 6 heteroatoms. The average Bonchev–Trinajstić information content (AvgIpc) is 2.25. The van der Waals surface area contributed by atoms with Crippen molar-refractivity contribution in [3.8, 4) is 5.75 Å². The fraction of sp³-hybridized carbons (Fsp3) is 0.455. The first-order valence-electron chi connectivity index (χ1n) is 5.06. The molecule has 0 aliphatic carbocycles. The van der Waals surface area contributed by atoms with Crippen LogP contribution in [-0.2, 0) is 0 Å². The SMILES string of the molecule is CCC(O)C(O)c1ccccc1OC(F)(F)F. The van der Waals surface area contributed by atoms with Crippen molar-refractivity contribution in [3.63, 3.8) is 0 Å². The van der Waals surface area contributed by atoms with E-state index in [1.165, 1.54) is 18.2 Å². The lowest BCUT2D eigenvalue weighted by Gasteiger charge is -2.20. The summed E-state index contributed by atoms with van der Waals surface area (Å²) in [5, 5.41) is 19.1. The molecule has 96 valence electrons. The number of halogens is 3. The summed E-state index contributed by atoms with van der Waals surface area (Å²) >= 11 is 0. The highest BCUT2D eigenvalue weighted by molar-refractivity contribution is 5.35. The molecule has 0 aromatic heterocycles. The highest BCUT2D eigenvalue weighted by Crippen LogP contribution is 2.32. The molecule has 1 rings (SSSR count). The van der Waals surface area contributed by atoms with Gasteiger partial charge in [0.2, 0.25) is 0 Å². The summed E-state index contributed by atoms with van der Waals surface area (Å²) in [5.41, 5.74) is -0.0841. The van der Waals surface area contributed by atoms with Gasteiger partial charge in [-0.25, -0.2) is 0 Å². The van der Waals surface area contributed by atoms with Gasteiger partial charge >= 0.3 is 6.36 Å². The molecule has 0 aliphatic rings. The van der Waals surface area contributed by atoms with Crippen LogP contribution in [0, 0.1) is 0 Å². The van der Waals surface area contributed by atoms with Gasteiger partial charge in [0.1, 0.15) is 11.9 Å². The van der Waals surface area contributed by atoms with Crippen LogP contribution < -0.4 is 4.74 Å². The Bertz CT molecular complexity index is 365. The molecule has 0 aliphatic heterocycles. The second-order valence-electron chi connectivity index (χ2n) is 3.51. The molecule has 0 bridgehead atoms. The van der Waals surface area contributed by atoms with E-state index in [0.717, 1.165) is 6.07 Å². The van der Waals surface area contributed by atoms with E-state index in [1.807, 2.05) is 0 Å². The van der Waals surface area contributed by atoms with Crippen molar-refractivity contribution in [2.45, 2.75) is 31.9 Å². The molecule has 1 aromatic carbocycles. The lowest BCUT2D eigenvalue weighted by atomic mass is 10.0. The van der Waals surface area contributed by atoms with E-state index >= 15 is 0 Å². The minimum atomic E-state index is -4.83. The Hall–Kier alpha value is -1.27. The fourth-order valence-corrected chi connectivity index (χ4v) is 1.37. The van der Waals surface area contributed by atoms with Gasteiger partial charge in [0, 0.05) is 5.56 Å². The Morgan fingerprint density at radius 1 is 1.24 bits per heavy atom. The molecule has 2 unspecified atom stereocenters. The van der Waals surface area contributed by atoms with Crippen molar-refractivity contribution in [2.24, 2.45) is 0 Å². The summed E-state index contributed by atoms with van der Waals surface area (Å²) in [7, 11) is 0. The third-order valence-electron chi connectivity index (χ3n) is 2.25. The van der Waals surface area contributed by atoms with Crippen molar-refractivity contribution < 1.29 is 28.1 Å². The van der Waals surface area contributed by atoms with Crippen LogP contribution in [0.1, 0.15) is 25.0 Å². The number of rotatable bonds is 4. The Labute approximate surface area is 96.5 Å². The number of hydrogen-bond donors (Lipinski definition) is 2. The molecule has 0 spiro atoms. The number of para-hydroxylation sites is 1. The van der Waals surface area contributed by atoms with Gasteiger partial charge in [-0.2, -0.15) is 0 Å². The number of alkyl halides is 3. The third kappa shape index (κ3) is 3.90. The number of aliphatic hydroxyl groups is 2. The first-order valence-corrected chi connectivity index (χ1v) is 5.06. The summed E-state index contributed by atoms with van der Waals surface area (Å²) in [6.45, 7) is 1.61. The Morgan fingerprint density at radius 3 is 2.35 bits per heavy atom. The normalized spacial score (nSPS) is 15.4. The van der Waals surface area contributed by atoms with Crippen molar-refractivity contribution >= 4 is 0 Å². The van der Waals surface area contributed by atoms with Gasteiger partial charge in [0.05, 0.1) is 6.10 Å². The first-order chi connectivity index (χ1) is 7.85. The number of hydrogen-bond acceptors (Lipinski definition) is 3. The maximum atomic E-state index is 12.1. The van der Waals surface area contributed by atoms with Crippen molar-refractivity contribution in [1.29, 1.82) is 0 Å². The summed E-state index contributed by atoms with van der Waals surface area (Å²) in [6.07, 6.45) is -7.14. The van der Waals surface area contributed by atoms with Gasteiger partial charge in [-0.1, -0.05) is 25.1 Å². The van der Waals surface area contributed by atoms with Crippen molar-refractivity contribution in [3.05, 3.63) is 29.8 Å². The monoisotopic (exact) mass is 250 g/mol. The fourth-order valence-electron chi connectivity index (χ4n) is 1.37. The van der Waals surface area contributed by atoms with E-state index in [1.54, 1.807) is 6.92 Å². The predicted molar refractivity (Wildman–Crippen MR) is 54.4 cm³/mol. The lowest BCUT2D eigenvalue weighted by Crippen LogP contribution is -2.22. The van der Waals surface area contributed by atoms with Gasteiger partial charge in [-0.15, -0.1) is 13.2 Å². The van der Waals surface area contributed by atoms with Gasteiger partial charge in [0.25, 0.3) is 0 Å². The number of benzene rings is 1. The first kappa shape index (κ1) is 13.8. The van der Waals surface area contributed by atoms with E-state index < -0.39 is 24.3 Å². The van der Waals surface area contributed by atoms with E-state index in [2.05, 4.69) is 4.74 Å². The topological polar surface area (TPSA) is 49.7 Å². The van der Waals surface area contributed by atoms with Crippen LogP contribution >= 0.6 is 0 Å². The molecule has 0 amide bonds. The van der Waals surface area contributed by atoms with E-state index in [9.17, 15) is 23.4 Å². The predicted octanol–water partition coefficient (Wildman–Crippen LogP) is 2.39. The van der Waals surface area contributed by atoms with Crippen molar-refractivity contribution in [1.82, 2.24) is 0 Å². The quantitative estimate of drug-likeness (QED) is 0.862. The Kier molecular flexibility index (Phi) is 4.36. The molecule has 3 nitrogen and oxygen atoms in total. The van der Waals surface area contributed by atoms with Gasteiger partial charge in [-0.3, -0.25) is 0 Å². The van der Waals surface area contributed by atoms with Crippen LogP contribution in [0.5, 0.6) is 5.75 Å². The molecule has 1 aromatic rings. The summed E-state index contributed by atoms with van der Waals surface area (Å²) in [4.78, 5) is 0. The second kappa shape index (κ2) is 5.37. The molecule has 2 atom stereocenters. The summed E-state index contributed by atoms with van der Waals surface area (Å²) in [5.74, 6) is -0.500. The number of ether oxygens (including phenoxy) is 1. The molecular weight excluding hydrogens is 237 g/mol. The Morgan fingerprint density at radius 2 is 1.82 bits per heavy atom. The molecule has 0 fully saturated rings. The average molecular weight is 250 g/mol. The summed E-state index contributed by atoms with van der Waals surface area (Å²) in [6, 6.07) is 5.19. The van der Waals surface area contributed by atoms with Gasteiger partial charge < -0.3 is 14.9 Å². The maximum absolute atomic E-state index is 12.1. The number of aliphatic hydroxyl groups excluding tert-OH is 2. The largest absolute Gasteiger partial charge is 0.573 e. The molecule has 0 radical (unpaired) electrons. The van der Waals surface area contributed by atoms with Gasteiger partial charge in [-0.05, 0) is 12.5 Å². The van der Waals surface area contributed by atoms with Crippen LogP contribution in [-0.4, -0.2) is 22.7 Å². The smallest absolute Gasteiger partial charge is 0.405 e. The van der Waals surface area contributed by atoms with E-state index in [-0.39, 0.29) is 12.0 Å². The third-order valence-corrected chi connectivity index (χ3v) is 2.25. The van der Waals surface area contributed by atoms with Crippen molar-refractivity contribution in [2.75, 3.05) is 0 Å². The molecular formula is C11H13F3O3. The zero-order valence-electron chi connectivity index (χ0n) is 9.11. The molecule has 17 heavy (non-hydrogen) atoms. The van der Waals surface area contributed by atoms with E-state index in [0.29, 0.717) is 0 Å². The molecule has 2 N–H and O–H groups in total. The van der Waals surface area contributed by atoms with Crippen LogP contribution in [0.15, 0.2) is 24.3 Å². The minimum absolute atomic E-state index is 0.0841. The Balaban J connectivity index is 2.99. The van der Waals surface area contributed by atoms with Crippen LogP contribution in [0.25, 0.3) is 0 Å². The highest BCUT2D eigenvalue weighted by Gasteiger charge is 2.33. The minimum Gasteiger partial charge on any atom is -0.405 e. The maximum Gasteiger partial charge on any atom is 0.573 e. The second-order valence-corrected chi connectivity index (χ2v) is 3.51. The summed E-state index contributed by atoms with van der Waals surface area (Å²) < 4.78 is 40.1. The van der Waals surface area contributed by atoms with Crippen LogP contribution in [0.4, 0.5) is 13.2 Å². The van der Waals surface area contributed by atoms with Crippen LogP contribution in [0.2, 0.25) is 0 Å². The zero-order valence-corrected chi connectivity index (χ0v) is 9.11. The van der Waals surface area contributed by atoms with E-state index in [4.69, 9.17) is 0 Å². The standard InChI is InChI=1S/C11H13F3O3/c1-2-8(15)10(16)7-5-3-4-6-9(7)17-11(12,13)14/h3-6,8,10,15-16H,2H2,1H3.